The van der Waals surface area contributed by atoms with Gasteiger partial charge in [-0.05, 0) is 47.3 Å². The molecule has 0 bridgehead atoms. The molecular weight excluding hydrogens is 481 g/mol. The molecule has 0 unspecified atom stereocenters. The summed E-state index contributed by atoms with van der Waals surface area (Å²) >= 11 is 0. The third-order valence-electron chi connectivity index (χ3n) is 5.35. The molecule has 12 heteroatoms. The lowest BCUT2D eigenvalue weighted by atomic mass is 10.1. The van der Waals surface area contributed by atoms with Crippen LogP contribution in [0.2, 0.25) is 0 Å². The molecule has 0 aliphatic rings. The minimum atomic E-state index is -4.38. The maximum absolute atomic E-state index is 12.8. The largest absolute Gasteiger partial charge is 0.408 e. The molecule has 0 saturated carbocycles. The summed E-state index contributed by atoms with van der Waals surface area (Å²) in [7, 11) is -1.96. The molecule has 4 aromatic rings. The van der Waals surface area contributed by atoms with E-state index in [9.17, 15) is 26.9 Å². The van der Waals surface area contributed by atoms with Gasteiger partial charge in [-0.15, -0.1) is 0 Å². The molecule has 35 heavy (non-hydrogen) atoms. The Morgan fingerprint density at radius 2 is 1.89 bits per heavy atom. The number of hydrogen-bond donors (Lipinski definition) is 2. The Morgan fingerprint density at radius 3 is 2.63 bits per heavy atom. The molecule has 0 atom stereocenters. The average Bonchev–Trinajstić information content (AvgIpc) is 3.40. The lowest BCUT2D eigenvalue weighted by molar-refractivity contribution is -0.142. The van der Waals surface area contributed by atoms with Crippen molar-refractivity contribution < 1.29 is 21.6 Å². The number of alkyl halides is 3. The van der Waals surface area contributed by atoms with Crippen LogP contribution in [0.1, 0.15) is 16.7 Å². The fourth-order valence-corrected chi connectivity index (χ4v) is 4.65. The van der Waals surface area contributed by atoms with E-state index >= 15 is 0 Å². The van der Waals surface area contributed by atoms with Gasteiger partial charge in [-0.2, -0.15) is 23.5 Å². The third kappa shape index (κ3) is 5.82. The molecule has 0 radical (unpaired) electrons. The van der Waals surface area contributed by atoms with Crippen molar-refractivity contribution in [1.29, 1.82) is 5.26 Å². The van der Waals surface area contributed by atoms with Gasteiger partial charge in [0.15, 0.2) is 0 Å². The van der Waals surface area contributed by atoms with Crippen LogP contribution in [0, 0.1) is 11.3 Å². The van der Waals surface area contributed by atoms with E-state index in [1.165, 1.54) is 30.6 Å². The van der Waals surface area contributed by atoms with Gasteiger partial charge in [0.2, 0.25) is 10.0 Å². The molecule has 0 aliphatic heterocycles. The summed E-state index contributed by atoms with van der Waals surface area (Å²) in [5.74, 6) is 0. The number of aryl methyl sites for hydroxylation is 1. The van der Waals surface area contributed by atoms with Gasteiger partial charge in [0.25, 0.3) is 0 Å². The van der Waals surface area contributed by atoms with Crippen LogP contribution in [-0.2, 0) is 36.7 Å². The molecule has 2 N–H and O–H groups in total. The molecule has 4 rings (SSSR count). The highest BCUT2D eigenvalue weighted by Gasteiger charge is 2.28. The van der Waals surface area contributed by atoms with E-state index in [-0.39, 0.29) is 23.5 Å². The van der Waals surface area contributed by atoms with Crippen molar-refractivity contribution in [1.82, 2.24) is 19.1 Å². The minimum Gasteiger partial charge on any atom is -0.380 e. The summed E-state index contributed by atoms with van der Waals surface area (Å²) in [6.45, 7) is -1.01. The second-order valence-electron chi connectivity index (χ2n) is 7.98. The number of nitrogens with one attached hydrogen (secondary N) is 2. The van der Waals surface area contributed by atoms with Crippen LogP contribution in [0.5, 0.6) is 0 Å². The predicted molar refractivity (Wildman–Crippen MR) is 124 cm³/mol. The summed E-state index contributed by atoms with van der Waals surface area (Å²) in [5, 5.41) is 17.1. The van der Waals surface area contributed by atoms with Crippen molar-refractivity contribution in [2.75, 3.05) is 5.32 Å². The van der Waals surface area contributed by atoms with Crippen molar-refractivity contribution in [2.45, 2.75) is 30.7 Å². The van der Waals surface area contributed by atoms with E-state index in [2.05, 4.69) is 15.1 Å². The summed E-state index contributed by atoms with van der Waals surface area (Å²) in [6, 6.07) is 13.6. The highest BCUT2D eigenvalue weighted by molar-refractivity contribution is 7.89. The Morgan fingerprint density at radius 1 is 1.09 bits per heavy atom. The molecule has 2 aromatic heterocycles. The number of halogens is 3. The fraction of sp³-hybridized carbons (Fsp3) is 0.217. The summed E-state index contributed by atoms with van der Waals surface area (Å²) in [4.78, 5) is -0.0709. The standard InChI is InChI=1S/C23H21F3N6O2S/c1-31-7-6-18-8-16(2-5-22(18)31)13-30-35(33,34)20-3-4-21(19(9-20)10-27)28-11-17-12-29-32(14-17)15-23(24,25)26/h2-9,12,14,28,30H,11,13,15H2,1H3. The smallest absolute Gasteiger partial charge is 0.380 e. The van der Waals surface area contributed by atoms with Gasteiger partial charge in [0.1, 0.15) is 12.6 Å². The number of benzene rings is 2. The number of nitriles is 1. The van der Waals surface area contributed by atoms with Gasteiger partial charge in [-0.1, -0.05) is 6.07 Å². The zero-order valence-electron chi connectivity index (χ0n) is 18.5. The number of aromatic nitrogens is 3. The van der Waals surface area contributed by atoms with Crippen LogP contribution < -0.4 is 10.0 Å². The van der Waals surface area contributed by atoms with Crippen LogP contribution in [0.15, 0.2) is 66.0 Å². The SMILES string of the molecule is Cn1ccc2cc(CNS(=O)(=O)c3ccc(NCc4cnn(CC(F)(F)F)c4)c(C#N)c3)ccc21. The number of hydrogen-bond acceptors (Lipinski definition) is 5. The van der Waals surface area contributed by atoms with Gasteiger partial charge in [-0.25, -0.2) is 13.1 Å². The average molecular weight is 503 g/mol. The van der Waals surface area contributed by atoms with E-state index in [0.717, 1.165) is 21.1 Å². The third-order valence-corrected chi connectivity index (χ3v) is 6.75. The first-order valence-electron chi connectivity index (χ1n) is 10.4. The Kier molecular flexibility index (Phi) is 6.56. The molecule has 2 aromatic carbocycles. The monoisotopic (exact) mass is 502 g/mol. The van der Waals surface area contributed by atoms with Gasteiger partial charge in [0, 0.05) is 43.6 Å². The van der Waals surface area contributed by atoms with Gasteiger partial charge < -0.3 is 9.88 Å². The van der Waals surface area contributed by atoms with Crippen LogP contribution in [-0.4, -0.2) is 28.9 Å². The summed E-state index contributed by atoms with van der Waals surface area (Å²) in [5.41, 5.74) is 2.74. The lowest BCUT2D eigenvalue weighted by Gasteiger charge is -2.11. The zero-order chi connectivity index (χ0) is 25.2. The van der Waals surface area contributed by atoms with Crippen molar-refractivity contribution >= 4 is 26.6 Å². The Hall–Kier alpha value is -3.82. The highest BCUT2D eigenvalue weighted by atomic mass is 32.2. The van der Waals surface area contributed by atoms with E-state index in [1.807, 2.05) is 48.1 Å². The first kappa shape index (κ1) is 24.3. The molecule has 0 amide bonds. The second kappa shape index (κ2) is 9.44. The molecule has 0 aliphatic carbocycles. The fourth-order valence-electron chi connectivity index (χ4n) is 3.61. The molecular formula is C23H21F3N6O2S. The van der Waals surface area contributed by atoms with E-state index < -0.39 is 22.7 Å². The van der Waals surface area contributed by atoms with E-state index in [0.29, 0.717) is 11.3 Å². The lowest BCUT2D eigenvalue weighted by Crippen LogP contribution is -2.23. The quantitative estimate of drug-likeness (QED) is 0.380. The van der Waals surface area contributed by atoms with Crippen molar-refractivity contribution in [3.05, 3.63) is 77.7 Å². The van der Waals surface area contributed by atoms with E-state index in [4.69, 9.17) is 0 Å². The van der Waals surface area contributed by atoms with Crippen LogP contribution in [0.4, 0.5) is 18.9 Å². The Bertz CT molecular complexity index is 1520. The minimum absolute atomic E-state index is 0.0709. The highest BCUT2D eigenvalue weighted by Crippen LogP contribution is 2.22. The first-order valence-corrected chi connectivity index (χ1v) is 11.9. The van der Waals surface area contributed by atoms with Gasteiger partial charge in [-0.3, -0.25) is 4.68 Å². The first-order chi connectivity index (χ1) is 16.5. The molecule has 0 saturated heterocycles. The van der Waals surface area contributed by atoms with Crippen LogP contribution >= 0.6 is 0 Å². The maximum atomic E-state index is 12.8. The predicted octanol–water partition coefficient (Wildman–Crippen LogP) is 3.90. The maximum Gasteiger partial charge on any atom is 0.408 e. The van der Waals surface area contributed by atoms with E-state index in [1.54, 1.807) is 0 Å². The second-order valence-corrected chi connectivity index (χ2v) is 9.75. The van der Waals surface area contributed by atoms with Gasteiger partial charge >= 0.3 is 6.18 Å². The Labute approximate surface area is 199 Å². The van der Waals surface area contributed by atoms with Gasteiger partial charge in [0.05, 0.1) is 22.3 Å². The summed E-state index contributed by atoms with van der Waals surface area (Å²) in [6.07, 6.45) is 0.0863. The number of fused-ring (bicyclic) bond motifs is 1. The number of nitrogens with zero attached hydrogens (tertiary/aromatic N) is 4. The van der Waals surface area contributed by atoms with Crippen molar-refractivity contribution in [2.24, 2.45) is 7.05 Å². The molecule has 0 fully saturated rings. The molecule has 0 spiro atoms. The van der Waals surface area contributed by atoms with Crippen molar-refractivity contribution in [3.8, 4) is 6.07 Å². The zero-order valence-corrected chi connectivity index (χ0v) is 19.4. The number of rotatable bonds is 8. The van der Waals surface area contributed by atoms with Crippen molar-refractivity contribution in [3.63, 3.8) is 0 Å². The summed E-state index contributed by atoms with van der Waals surface area (Å²) < 4.78 is 68.3. The number of anilines is 1. The van der Waals surface area contributed by atoms with Crippen LogP contribution in [0.3, 0.4) is 0 Å². The number of sulfonamides is 1. The Balaban J connectivity index is 1.43. The topological polar surface area (TPSA) is 105 Å². The van der Waals surface area contributed by atoms with Crippen LogP contribution in [0.25, 0.3) is 10.9 Å². The molecule has 8 nitrogen and oxygen atoms in total. The normalized spacial score (nSPS) is 12.1. The molecule has 2 heterocycles. The molecule has 182 valence electrons.